The van der Waals surface area contributed by atoms with Crippen LogP contribution >= 0.6 is 0 Å². The number of imidazole rings is 1. The quantitative estimate of drug-likeness (QED) is 0.760. The summed E-state index contributed by atoms with van der Waals surface area (Å²) < 4.78 is 2.04. The van der Waals surface area contributed by atoms with Gasteiger partial charge in [0.25, 0.3) is 0 Å². The Bertz CT molecular complexity index is 752. The molecule has 2 heterocycles. The van der Waals surface area contributed by atoms with Crippen molar-refractivity contribution in [2.75, 3.05) is 5.73 Å². The number of fused-ring (bicyclic) bond motifs is 1. The summed E-state index contributed by atoms with van der Waals surface area (Å²) in [5.74, 6) is 1.50. The average Bonchev–Trinajstić information content (AvgIpc) is 2.76. The van der Waals surface area contributed by atoms with Crippen molar-refractivity contribution in [2.24, 2.45) is 0 Å². The van der Waals surface area contributed by atoms with E-state index in [2.05, 4.69) is 43.1 Å². The highest BCUT2D eigenvalue weighted by Crippen LogP contribution is 2.27. The first-order chi connectivity index (χ1) is 9.56. The fourth-order valence-corrected chi connectivity index (χ4v) is 2.49. The van der Waals surface area contributed by atoms with Crippen LogP contribution in [0.25, 0.3) is 16.8 Å². The Balaban J connectivity index is 2.14. The average molecular weight is 265 g/mol. The normalized spacial score (nSPS) is 11.4. The molecular weight excluding hydrogens is 246 g/mol. The van der Waals surface area contributed by atoms with Crippen molar-refractivity contribution in [1.29, 1.82) is 0 Å². The molecule has 0 saturated carbocycles. The number of pyridine rings is 1. The van der Waals surface area contributed by atoms with Gasteiger partial charge in [-0.1, -0.05) is 38.1 Å². The van der Waals surface area contributed by atoms with Crippen molar-refractivity contribution in [3.05, 3.63) is 54.0 Å². The summed E-state index contributed by atoms with van der Waals surface area (Å²) >= 11 is 0. The third-order valence-corrected chi connectivity index (χ3v) is 3.69. The van der Waals surface area contributed by atoms with Crippen LogP contribution in [-0.4, -0.2) is 9.38 Å². The molecular formula is C17H19N3. The van der Waals surface area contributed by atoms with Gasteiger partial charge in [0.15, 0.2) is 0 Å². The number of hydrogen-bond donors (Lipinski definition) is 1. The molecule has 1 aromatic carbocycles. The number of hydrogen-bond acceptors (Lipinski definition) is 2. The molecule has 0 amide bonds. The van der Waals surface area contributed by atoms with Crippen molar-refractivity contribution >= 4 is 11.2 Å². The van der Waals surface area contributed by atoms with Gasteiger partial charge < -0.3 is 10.1 Å². The summed E-state index contributed by atoms with van der Waals surface area (Å²) in [5, 5.41) is 0. The van der Waals surface area contributed by atoms with Crippen LogP contribution in [0.5, 0.6) is 0 Å². The maximum Gasteiger partial charge on any atom is 0.110 e. The molecule has 3 heteroatoms. The maximum atomic E-state index is 5.85. The van der Waals surface area contributed by atoms with Crippen LogP contribution in [0.4, 0.5) is 5.69 Å². The molecule has 0 spiro atoms. The number of nitrogens with zero attached hydrogens (tertiary/aromatic N) is 2. The van der Waals surface area contributed by atoms with Gasteiger partial charge in [0.1, 0.15) is 5.82 Å². The Morgan fingerprint density at radius 1 is 1.05 bits per heavy atom. The topological polar surface area (TPSA) is 43.3 Å². The first-order valence-corrected chi connectivity index (χ1v) is 6.91. The minimum Gasteiger partial charge on any atom is -0.398 e. The third-order valence-electron chi connectivity index (χ3n) is 3.69. The van der Waals surface area contributed by atoms with E-state index in [0.717, 1.165) is 28.3 Å². The first kappa shape index (κ1) is 12.7. The first-order valence-electron chi connectivity index (χ1n) is 6.91. The number of aromatic nitrogens is 2. The van der Waals surface area contributed by atoms with Crippen molar-refractivity contribution < 1.29 is 0 Å². The van der Waals surface area contributed by atoms with E-state index in [9.17, 15) is 0 Å². The lowest BCUT2D eigenvalue weighted by Crippen LogP contribution is -1.91. The van der Waals surface area contributed by atoms with Gasteiger partial charge in [-0.3, -0.25) is 0 Å². The van der Waals surface area contributed by atoms with Gasteiger partial charge in [0, 0.05) is 17.4 Å². The SMILES string of the molecule is Cc1nc(-c2ccc(C(C)C)cc2)c2ccc(N)cn12. The van der Waals surface area contributed by atoms with Gasteiger partial charge in [-0.15, -0.1) is 0 Å². The minimum atomic E-state index is 0.546. The molecule has 0 unspecified atom stereocenters. The predicted octanol–water partition coefficient (Wildman–Crippen LogP) is 4.02. The van der Waals surface area contributed by atoms with E-state index in [1.807, 2.05) is 29.7 Å². The molecule has 0 fully saturated rings. The van der Waals surface area contributed by atoms with Gasteiger partial charge in [-0.2, -0.15) is 0 Å². The van der Waals surface area contributed by atoms with Crippen LogP contribution in [0.2, 0.25) is 0 Å². The third kappa shape index (κ3) is 2.05. The zero-order valence-electron chi connectivity index (χ0n) is 12.1. The Labute approximate surface area is 119 Å². The molecule has 0 saturated heterocycles. The summed E-state index contributed by atoms with van der Waals surface area (Å²) in [6.45, 7) is 6.40. The van der Waals surface area contributed by atoms with Crippen LogP contribution in [0.1, 0.15) is 31.2 Å². The molecule has 3 rings (SSSR count). The largest absolute Gasteiger partial charge is 0.398 e. The van der Waals surface area contributed by atoms with Crippen LogP contribution < -0.4 is 5.73 Å². The van der Waals surface area contributed by atoms with Crippen LogP contribution in [0, 0.1) is 6.92 Å². The highest BCUT2D eigenvalue weighted by molar-refractivity contribution is 5.78. The molecule has 0 bridgehead atoms. The molecule has 0 atom stereocenters. The molecule has 102 valence electrons. The molecule has 0 aliphatic carbocycles. The highest BCUT2D eigenvalue weighted by Gasteiger charge is 2.10. The van der Waals surface area contributed by atoms with Crippen LogP contribution in [-0.2, 0) is 0 Å². The van der Waals surface area contributed by atoms with E-state index >= 15 is 0 Å². The molecule has 2 aromatic heterocycles. The zero-order valence-corrected chi connectivity index (χ0v) is 12.1. The lowest BCUT2D eigenvalue weighted by molar-refractivity contribution is 0.867. The number of rotatable bonds is 2. The fourth-order valence-electron chi connectivity index (χ4n) is 2.49. The summed E-state index contributed by atoms with van der Waals surface area (Å²) in [6.07, 6.45) is 1.92. The second kappa shape index (κ2) is 4.67. The minimum absolute atomic E-state index is 0.546. The van der Waals surface area contributed by atoms with Crippen molar-refractivity contribution in [3.63, 3.8) is 0 Å². The Kier molecular flexibility index (Phi) is 2.97. The number of benzene rings is 1. The van der Waals surface area contributed by atoms with Crippen LogP contribution in [0.15, 0.2) is 42.6 Å². The number of anilines is 1. The van der Waals surface area contributed by atoms with Crippen molar-refractivity contribution in [3.8, 4) is 11.3 Å². The molecule has 3 aromatic rings. The molecule has 3 nitrogen and oxygen atoms in total. The monoisotopic (exact) mass is 265 g/mol. The maximum absolute atomic E-state index is 5.85. The van der Waals surface area contributed by atoms with E-state index in [1.54, 1.807) is 0 Å². The van der Waals surface area contributed by atoms with Gasteiger partial charge in [0.2, 0.25) is 0 Å². The fraction of sp³-hybridized carbons (Fsp3) is 0.235. The molecule has 0 radical (unpaired) electrons. The van der Waals surface area contributed by atoms with Crippen LogP contribution in [0.3, 0.4) is 0 Å². The summed E-state index contributed by atoms with van der Waals surface area (Å²) in [4.78, 5) is 4.68. The van der Waals surface area contributed by atoms with Gasteiger partial charge in [0.05, 0.1) is 11.2 Å². The lowest BCUT2D eigenvalue weighted by Gasteiger charge is -2.06. The summed E-state index contributed by atoms with van der Waals surface area (Å²) in [5.41, 5.74) is 11.2. The van der Waals surface area contributed by atoms with Crippen molar-refractivity contribution in [1.82, 2.24) is 9.38 Å². The second-order valence-corrected chi connectivity index (χ2v) is 5.50. The predicted molar refractivity (Wildman–Crippen MR) is 83.9 cm³/mol. The second-order valence-electron chi connectivity index (χ2n) is 5.50. The lowest BCUT2D eigenvalue weighted by atomic mass is 10.0. The van der Waals surface area contributed by atoms with E-state index in [1.165, 1.54) is 5.56 Å². The standard InChI is InChI=1S/C17H19N3/c1-11(2)13-4-6-14(7-5-13)17-16-9-8-15(18)10-20(16)12(3)19-17/h4-11H,18H2,1-3H3. The van der Waals surface area contributed by atoms with E-state index < -0.39 is 0 Å². The van der Waals surface area contributed by atoms with Gasteiger partial charge >= 0.3 is 0 Å². The van der Waals surface area contributed by atoms with Gasteiger partial charge in [-0.05, 0) is 30.5 Å². The van der Waals surface area contributed by atoms with E-state index in [-0.39, 0.29) is 0 Å². The number of nitrogen functional groups attached to an aromatic ring is 1. The highest BCUT2D eigenvalue weighted by atomic mass is 15.0. The van der Waals surface area contributed by atoms with E-state index in [4.69, 9.17) is 5.73 Å². The number of aryl methyl sites for hydroxylation is 1. The molecule has 0 aliphatic rings. The van der Waals surface area contributed by atoms with Crippen molar-refractivity contribution in [2.45, 2.75) is 26.7 Å². The summed E-state index contributed by atoms with van der Waals surface area (Å²) in [6, 6.07) is 12.6. The van der Waals surface area contributed by atoms with E-state index in [0.29, 0.717) is 5.92 Å². The molecule has 2 N–H and O–H groups in total. The summed E-state index contributed by atoms with van der Waals surface area (Å²) in [7, 11) is 0. The Morgan fingerprint density at radius 2 is 1.75 bits per heavy atom. The van der Waals surface area contributed by atoms with Gasteiger partial charge in [-0.25, -0.2) is 4.98 Å². The Hall–Kier alpha value is -2.29. The smallest absolute Gasteiger partial charge is 0.110 e. The molecule has 0 aliphatic heterocycles. The molecule has 20 heavy (non-hydrogen) atoms. The zero-order chi connectivity index (χ0) is 14.3. The number of nitrogens with two attached hydrogens (primary N) is 1. The Morgan fingerprint density at radius 3 is 2.40 bits per heavy atom.